The normalized spacial score (nSPS) is 19.7. The van der Waals surface area contributed by atoms with Crippen molar-refractivity contribution in [2.75, 3.05) is 13.2 Å². The number of nitrogens with zero attached hydrogens (tertiary/aromatic N) is 1. The quantitative estimate of drug-likeness (QED) is 0.678. The van der Waals surface area contributed by atoms with Crippen LogP contribution in [-0.4, -0.2) is 28.5 Å². The number of aromatic nitrogens is 2. The largest absolute Gasteiger partial charge is 0.395 e. The second-order valence-corrected chi connectivity index (χ2v) is 4.66. The molecule has 0 fully saturated rings. The molecule has 0 saturated carbocycles. The Kier molecular flexibility index (Phi) is 2.80. The molecule has 0 bridgehead atoms. The predicted molar refractivity (Wildman–Crippen MR) is 58.7 cm³/mol. The molecule has 0 amide bonds. The van der Waals surface area contributed by atoms with Gasteiger partial charge in [-0.25, -0.2) is 0 Å². The van der Waals surface area contributed by atoms with Crippen molar-refractivity contribution in [1.82, 2.24) is 10.2 Å². The zero-order valence-corrected chi connectivity index (χ0v) is 9.21. The number of aliphatic hydroxyl groups excluding tert-OH is 1. The molecule has 1 aliphatic carbocycles. The van der Waals surface area contributed by atoms with Crippen molar-refractivity contribution >= 4 is 0 Å². The summed E-state index contributed by atoms with van der Waals surface area (Å²) < 4.78 is 0. The Hall–Kier alpha value is -0.870. The highest BCUT2D eigenvalue weighted by Crippen LogP contribution is 2.30. The summed E-state index contributed by atoms with van der Waals surface area (Å²) in [6.07, 6.45) is 4.59. The fraction of sp³-hybridized carbons (Fsp3) is 0.727. The van der Waals surface area contributed by atoms with Crippen molar-refractivity contribution in [2.24, 2.45) is 5.73 Å². The number of aryl methyl sites for hydroxylation is 1. The van der Waals surface area contributed by atoms with Gasteiger partial charge in [-0.15, -0.1) is 0 Å². The number of fused-ring (bicyclic) bond motifs is 1. The lowest BCUT2D eigenvalue weighted by Crippen LogP contribution is -2.37. The first-order valence-electron chi connectivity index (χ1n) is 5.59. The maximum Gasteiger partial charge on any atom is 0.0751 e. The minimum absolute atomic E-state index is 0.0563. The van der Waals surface area contributed by atoms with Crippen LogP contribution in [0.1, 0.15) is 36.7 Å². The van der Waals surface area contributed by atoms with E-state index in [0.717, 1.165) is 18.5 Å². The van der Waals surface area contributed by atoms with Crippen molar-refractivity contribution in [2.45, 2.75) is 38.0 Å². The Morgan fingerprint density at radius 2 is 2.20 bits per heavy atom. The number of hydrogen-bond acceptors (Lipinski definition) is 3. The van der Waals surface area contributed by atoms with Crippen molar-refractivity contribution in [3.63, 3.8) is 0 Å². The molecule has 4 heteroatoms. The van der Waals surface area contributed by atoms with E-state index < -0.39 is 0 Å². The van der Waals surface area contributed by atoms with Crippen LogP contribution in [0.3, 0.4) is 0 Å². The highest BCUT2D eigenvalue weighted by Gasteiger charge is 2.31. The van der Waals surface area contributed by atoms with Gasteiger partial charge in [0.1, 0.15) is 0 Å². The summed E-state index contributed by atoms with van der Waals surface area (Å²) in [6, 6.07) is 0. The molecule has 0 spiro atoms. The zero-order valence-electron chi connectivity index (χ0n) is 9.21. The van der Waals surface area contributed by atoms with Crippen molar-refractivity contribution < 1.29 is 5.11 Å². The molecular formula is C11H19N3O. The van der Waals surface area contributed by atoms with Gasteiger partial charge in [0.2, 0.25) is 0 Å². The number of hydrogen-bond donors (Lipinski definition) is 3. The van der Waals surface area contributed by atoms with Gasteiger partial charge in [-0.05, 0) is 31.2 Å². The lowest BCUT2D eigenvalue weighted by molar-refractivity contribution is 0.206. The van der Waals surface area contributed by atoms with Crippen LogP contribution >= 0.6 is 0 Å². The van der Waals surface area contributed by atoms with Crippen LogP contribution in [0.15, 0.2) is 0 Å². The molecule has 1 aromatic rings. The van der Waals surface area contributed by atoms with Gasteiger partial charge in [-0.2, -0.15) is 5.10 Å². The van der Waals surface area contributed by atoms with Crippen LogP contribution in [0.4, 0.5) is 0 Å². The maximum atomic E-state index is 9.42. The summed E-state index contributed by atoms with van der Waals surface area (Å²) in [5.74, 6) is 0. The Morgan fingerprint density at radius 3 is 2.87 bits per heavy atom. The van der Waals surface area contributed by atoms with Gasteiger partial charge in [0.05, 0.1) is 12.3 Å². The zero-order chi connectivity index (χ0) is 10.9. The first kappa shape index (κ1) is 10.6. The third kappa shape index (κ3) is 1.68. The third-order valence-corrected chi connectivity index (χ3v) is 3.43. The van der Waals surface area contributed by atoms with Crippen LogP contribution in [0.5, 0.6) is 0 Å². The molecule has 15 heavy (non-hydrogen) atoms. The lowest BCUT2D eigenvalue weighted by atomic mass is 9.82. The highest BCUT2D eigenvalue weighted by molar-refractivity contribution is 5.33. The molecule has 0 radical (unpaired) electrons. The summed E-state index contributed by atoms with van der Waals surface area (Å²) in [5.41, 5.74) is 8.85. The SMILES string of the molecule is CC(CN)(CO)c1n[nH]c2c1CCCC2. The Bertz CT molecular complexity index is 342. The summed E-state index contributed by atoms with van der Waals surface area (Å²) in [5, 5.41) is 16.9. The molecule has 1 atom stereocenters. The molecule has 0 aromatic carbocycles. The van der Waals surface area contributed by atoms with Crippen LogP contribution in [0.2, 0.25) is 0 Å². The molecule has 84 valence electrons. The van der Waals surface area contributed by atoms with Crippen LogP contribution in [0, 0.1) is 0 Å². The number of rotatable bonds is 3. The van der Waals surface area contributed by atoms with E-state index in [1.54, 1.807) is 0 Å². The maximum absolute atomic E-state index is 9.42. The van der Waals surface area contributed by atoms with Crippen molar-refractivity contribution in [1.29, 1.82) is 0 Å². The fourth-order valence-corrected chi connectivity index (χ4v) is 2.22. The molecule has 0 aliphatic heterocycles. The second kappa shape index (κ2) is 3.94. The van der Waals surface area contributed by atoms with E-state index in [9.17, 15) is 5.11 Å². The molecule has 4 nitrogen and oxygen atoms in total. The van der Waals surface area contributed by atoms with E-state index in [-0.39, 0.29) is 12.0 Å². The van der Waals surface area contributed by atoms with Crippen LogP contribution in [0.25, 0.3) is 0 Å². The van der Waals surface area contributed by atoms with E-state index in [1.165, 1.54) is 24.1 Å². The highest BCUT2D eigenvalue weighted by atomic mass is 16.3. The van der Waals surface area contributed by atoms with Crippen molar-refractivity contribution in [3.8, 4) is 0 Å². The molecule has 1 aromatic heterocycles. The number of aliphatic hydroxyl groups is 1. The average molecular weight is 209 g/mol. The summed E-state index contributed by atoms with van der Waals surface area (Å²) in [7, 11) is 0. The predicted octanol–water partition coefficient (Wildman–Crippen LogP) is 0.497. The Labute approximate surface area is 89.9 Å². The van der Waals surface area contributed by atoms with Gasteiger partial charge < -0.3 is 10.8 Å². The molecule has 4 N–H and O–H groups in total. The molecule has 1 unspecified atom stereocenters. The van der Waals surface area contributed by atoms with E-state index in [1.807, 2.05) is 6.92 Å². The first-order chi connectivity index (χ1) is 7.21. The number of aromatic amines is 1. The number of nitrogens with one attached hydrogen (secondary N) is 1. The lowest BCUT2D eigenvalue weighted by Gasteiger charge is -2.25. The molecule has 1 aliphatic rings. The number of nitrogens with two attached hydrogens (primary N) is 1. The monoisotopic (exact) mass is 209 g/mol. The summed E-state index contributed by atoms with van der Waals surface area (Å²) in [6.45, 7) is 2.46. The first-order valence-corrected chi connectivity index (χ1v) is 5.59. The van der Waals surface area contributed by atoms with Gasteiger partial charge in [-0.3, -0.25) is 5.10 Å². The molecule has 1 heterocycles. The Morgan fingerprint density at radius 1 is 1.47 bits per heavy atom. The minimum Gasteiger partial charge on any atom is -0.395 e. The van der Waals surface area contributed by atoms with E-state index in [0.29, 0.717) is 6.54 Å². The topological polar surface area (TPSA) is 74.9 Å². The molecular weight excluding hydrogens is 190 g/mol. The van der Waals surface area contributed by atoms with E-state index >= 15 is 0 Å². The van der Waals surface area contributed by atoms with Gasteiger partial charge >= 0.3 is 0 Å². The third-order valence-electron chi connectivity index (χ3n) is 3.43. The molecule has 0 saturated heterocycles. The standard InChI is InChI=1S/C11H19N3O/c1-11(6-12,7-15)10-8-4-2-3-5-9(8)13-14-10/h15H,2-7,12H2,1H3,(H,13,14). The second-order valence-electron chi connectivity index (χ2n) is 4.66. The van der Waals surface area contributed by atoms with Gasteiger partial charge in [0, 0.05) is 17.7 Å². The van der Waals surface area contributed by atoms with Gasteiger partial charge in [-0.1, -0.05) is 6.92 Å². The van der Waals surface area contributed by atoms with E-state index in [2.05, 4.69) is 10.2 Å². The van der Waals surface area contributed by atoms with E-state index in [4.69, 9.17) is 5.73 Å². The van der Waals surface area contributed by atoms with Crippen LogP contribution in [-0.2, 0) is 18.3 Å². The number of H-pyrrole nitrogens is 1. The molecule has 2 rings (SSSR count). The fourth-order valence-electron chi connectivity index (χ4n) is 2.22. The van der Waals surface area contributed by atoms with Gasteiger partial charge in [0.15, 0.2) is 0 Å². The Balaban J connectivity index is 2.39. The van der Waals surface area contributed by atoms with Crippen LogP contribution < -0.4 is 5.73 Å². The minimum atomic E-state index is -0.387. The summed E-state index contributed by atoms with van der Waals surface area (Å²) >= 11 is 0. The van der Waals surface area contributed by atoms with Gasteiger partial charge in [0.25, 0.3) is 0 Å². The average Bonchev–Trinajstić information content (AvgIpc) is 2.72. The van der Waals surface area contributed by atoms with Crippen molar-refractivity contribution in [3.05, 3.63) is 17.0 Å². The summed E-state index contributed by atoms with van der Waals surface area (Å²) in [4.78, 5) is 0. The smallest absolute Gasteiger partial charge is 0.0751 e.